The number of hydrogen-bond acceptors (Lipinski definition) is 8. The lowest BCUT2D eigenvalue weighted by Crippen LogP contribution is -2.38. The largest absolute Gasteiger partial charge is 0.494 e. The number of ether oxygens (including phenoxy) is 1. The summed E-state index contributed by atoms with van der Waals surface area (Å²) in [6.07, 6.45) is 0.424. The highest BCUT2D eigenvalue weighted by Gasteiger charge is 2.28. The SMILES string of the molecule is N#Cc1cccc2c1cc(O)n2-c1nc2c(c(OCc3ccccc3)n1)CN(C(=O)COO)CC2. The minimum absolute atomic E-state index is 0.107. The third-order valence-electron chi connectivity index (χ3n) is 5.92. The van der Waals surface area contributed by atoms with Gasteiger partial charge in [0.05, 0.1) is 35.0 Å². The number of carbonyl (C=O) groups excluding carboxylic acids is 1. The number of fused-ring (bicyclic) bond motifs is 2. The van der Waals surface area contributed by atoms with Crippen LogP contribution in [0.5, 0.6) is 11.8 Å². The van der Waals surface area contributed by atoms with Gasteiger partial charge in [-0.25, -0.2) is 14.4 Å². The van der Waals surface area contributed by atoms with Gasteiger partial charge in [0.25, 0.3) is 5.91 Å². The van der Waals surface area contributed by atoms with E-state index in [1.807, 2.05) is 30.3 Å². The molecule has 10 nitrogen and oxygen atoms in total. The van der Waals surface area contributed by atoms with Crippen molar-refractivity contribution in [3.8, 4) is 23.8 Å². The van der Waals surface area contributed by atoms with Crippen LogP contribution in [0.4, 0.5) is 0 Å². The fourth-order valence-corrected chi connectivity index (χ4v) is 4.20. The van der Waals surface area contributed by atoms with Crippen molar-refractivity contribution >= 4 is 16.8 Å². The quantitative estimate of drug-likeness (QED) is 0.324. The zero-order chi connectivity index (χ0) is 24.4. The molecule has 5 rings (SSSR count). The molecule has 176 valence electrons. The van der Waals surface area contributed by atoms with Crippen LogP contribution < -0.4 is 4.74 Å². The first-order chi connectivity index (χ1) is 17.1. The summed E-state index contributed by atoms with van der Waals surface area (Å²) in [5.74, 6) is 0.0144. The van der Waals surface area contributed by atoms with Crippen LogP contribution in [0.3, 0.4) is 0 Å². The molecule has 3 heterocycles. The molecule has 35 heavy (non-hydrogen) atoms. The summed E-state index contributed by atoms with van der Waals surface area (Å²) in [5, 5.41) is 29.4. The fraction of sp³-hybridized carbons (Fsp3) is 0.200. The molecule has 0 atom stereocenters. The molecule has 2 N–H and O–H groups in total. The third-order valence-corrected chi connectivity index (χ3v) is 5.92. The Morgan fingerprint density at radius 2 is 1.97 bits per heavy atom. The third kappa shape index (κ3) is 4.26. The zero-order valence-electron chi connectivity index (χ0n) is 18.6. The second-order valence-corrected chi connectivity index (χ2v) is 8.06. The van der Waals surface area contributed by atoms with Crippen LogP contribution in [-0.4, -0.2) is 48.9 Å². The first-order valence-electron chi connectivity index (χ1n) is 10.9. The molecule has 0 saturated carbocycles. The number of nitriles is 1. The van der Waals surface area contributed by atoms with Crippen molar-refractivity contribution in [2.45, 2.75) is 19.6 Å². The smallest absolute Gasteiger partial charge is 0.252 e. The van der Waals surface area contributed by atoms with Crippen LogP contribution in [0.25, 0.3) is 16.9 Å². The highest BCUT2D eigenvalue weighted by atomic mass is 17.1. The van der Waals surface area contributed by atoms with Crippen molar-refractivity contribution in [2.24, 2.45) is 0 Å². The van der Waals surface area contributed by atoms with E-state index >= 15 is 0 Å². The number of hydrogen-bond donors (Lipinski definition) is 2. The monoisotopic (exact) mass is 471 g/mol. The van der Waals surface area contributed by atoms with Crippen molar-refractivity contribution in [2.75, 3.05) is 13.2 Å². The number of rotatable bonds is 6. The topological polar surface area (TPSA) is 134 Å². The number of benzene rings is 2. The van der Waals surface area contributed by atoms with Crippen molar-refractivity contribution in [1.29, 1.82) is 5.26 Å². The van der Waals surface area contributed by atoms with E-state index in [9.17, 15) is 15.2 Å². The van der Waals surface area contributed by atoms with E-state index in [0.29, 0.717) is 40.7 Å². The second kappa shape index (κ2) is 9.42. The van der Waals surface area contributed by atoms with Gasteiger partial charge in [0.15, 0.2) is 12.5 Å². The van der Waals surface area contributed by atoms with Gasteiger partial charge < -0.3 is 14.7 Å². The number of carbonyl (C=O) groups is 1. The van der Waals surface area contributed by atoms with Crippen molar-refractivity contribution < 1.29 is 24.8 Å². The van der Waals surface area contributed by atoms with Crippen LogP contribution >= 0.6 is 0 Å². The molecule has 2 aromatic carbocycles. The fourth-order valence-electron chi connectivity index (χ4n) is 4.20. The van der Waals surface area contributed by atoms with Gasteiger partial charge in [-0.3, -0.25) is 10.1 Å². The maximum Gasteiger partial charge on any atom is 0.252 e. The van der Waals surface area contributed by atoms with Gasteiger partial charge >= 0.3 is 0 Å². The van der Waals surface area contributed by atoms with Gasteiger partial charge in [-0.2, -0.15) is 10.2 Å². The first kappa shape index (κ1) is 22.3. The molecule has 0 unspecified atom stereocenters. The Morgan fingerprint density at radius 3 is 2.74 bits per heavy atom. The number of aromatic hydroxyl groups is 1. The Labute approximate surface area is 200 Å². The molecule has 0 bridgehead atoms. The van der Waals surface area contributed by atoms with Gasteiger partial charge in [0.1, 0.15) is 6.61 Å². The summed E-state index contributed by atoms with van der Waals surface area (Å²) in [5.41, 5.74) is 3.28. The first-order valence-corrected chi connectivity index (χ1v) is 10.9. The Hall–Kier alpha value is -4.46. The molecule has 0 aliphatic carbocycles. The van der Waals surface area contributed by atoms with E-state index in [1.54, 1.807) is 23.1 Å². The van der Waals surface area contributed by atoms with Crippen LogP contribution in [0.2, 0.25) is 0 Å². The normalized spacial score (nSPS) is 12.9. The lowest BCUT2D eigenvalue weighted by molar-refractivity contribution is -0.241. The predicted molar refractivity (Wildman–Crippen MR) is 124 cm³/mol. The molecule has 0 saturated heterocycles. The summed E-state index contributed by atoms with van der Waals surface area (Å²) in [4.78, 5) is 27.2. The van der Waals surface area contributed by atoms with Crippen LogP contribution in [0.1, 0.15) is 22.4 Å². The predicted octanol–water partition coefficient (Wildman–Crippen LogP) is 2.95. The second-order valence-electron chi connectivity index (χ2n) is 8.06. The molecular formula is C25H21N5O5. The molecule has 10 heteroatoms. The van der Waals surface area contributed by atoms with E-state index in [-0.39, 0.29) is 36.8 Å². The minimum atomic E-state index is -0.446. The molecule has 2 aromatic heterocycles. The molecule has 0 fully saturated rings. The van der Waals surface area contributed by atoms with Crippen molar-refractivity contribution in [3.05, 3.63) is 77.0 Å². The van der Waals surface area contributed by atoms with Crippen LogP contribution in [-0.2, 0) is 29.3 Å². The van der Waals surface area contributed by atoms with Crippen molar-refractivity contribution in [3.63, 3.8) is 0 Å². The van der Waals surface area contributed by atoms with Crippen LogP contribution in [0, 0.1) is 11.3 Å². The Kier molecular flexibility index (Phi) is 6.01. The van der Waals surface area contributed by atoms with E-state index < -0.39 is 6.61 Å². The maximum atomic E-state index is 12.3. The maximum absolute atomic E-state index is 12.3. The molecular weight excluding hydrogens is 450 g/mol. The lowest BCUT2D eigenvalue weighted by Gasteiger charge is -2.29. The van der Waals surface area contributed by atoms with Crippen LogP contribution in [0.15, 0.2) is 54.6 Å². The molecule has 1 amide bonds. The number of amides is 1. The van der Waals surface area contributed by atoms with E-state index in [2.05, 4.69) is 20.9 Å². The lowest BCUT2D eigenvalue weighted by atomic mass is 10.1. The van der Waals surface area contributed by atoms with Gasteiger partial charge in [-0.1, -0.05) is 36.4 Å². The summed E-state index contributed by atoms with van der Waals surface area (Å²) < 4.78 is 7.57. The summed E-state index contributed by atoms with van der Waals surface area (Å²) >= 11 is 0. The number of nitrogens with zero attached hydrogens (tertiary/aromatic N) is 5. The van der Waals surface area contributed by atoms with Gasteiger partial charge in [0.2, 0.25) is 11.8 Å². The molecule has 1 aliphatic heterocycles. The molecule has 0 spiro atoms. The average molecular weight is 471 g/mol. The highest BCUT2D eigenvalue weighted by molar-refractivity contribution is 5.89. The zero-order valence-corrected chi connectivity index (χ0v) is 18.6. The summed E-state index contributed by atoms with van der Waals surface area (Å²) in [6.45, 7) is 0.368. The molecule has 4 aromatic rings. The van der Waals surface area contributed by atoms with Gasteiger partial charge in [-0.15, -0.1) is 0 Å². The Morgan fingerprint density at radius 1 is 1.14 bits per heavy atom. The standard InChI is InChI=1S/C25H21N5O5/c26-12-17-7-4-8-21-18(17)11-22(31)30(21)25-27-20-9-10-29(23(32)15-35-33)13-19(20)24(28-25)34-14-16-5-2-1-3-6-16/h1-8,11,31,33H,9-10,13-15H2. The summed E-state index contributed by atoms with van der Waals surface area (Å²) in [7, 11) is 0. The van der Waals surface area contributed by atoms with Gasteiger partial charge in [0, 0.05) is 24.4 Å². The van der Waals surface area contributed by atoms with E-state index in [0.717, 1.165) is 5.56 Å². The van der Waals surface area contributed by atoms with E-state index in [4.69, 9.17) is 9.99 Å². The molecule has 0 radical (unpaired) electrons. The average Bonchev–Trinajstić information content (AvgIpc) is 3.23. The van der Waals surface area contributed by atoms with Crippen molar-refractivity contribution in [1.82, 2.24) is 19.4 Å². The van der Waals surface area contributed by atoms with E-state index in [1.165, 1.54) is 10.6 Å². The summed E-state index contributed by atoms with van der Waals surface area (Å²) in [6, 6.07) is 18.4. The highest BCUT2D eigenvalue weighted by Crippen LogP contribution is 2.33. The Bertz CT molecular complexity index is 1440. The van der Waals surface area contributed by atoms with Gasteiger partial charge in [-0.05, 0) is 17.7 Å². The molecule has 1 aliphatic rings. The number of aromatic nitrogens is 3. The Balaban J connectivity index is 1.59. The minimum Gasteiger partial charge on any atom is -0.494 e.